The van der Waals surface area contributed by atoms with Crippen LogP contribution in [0.5, 0.6) is 0 Å². The summed E-state index contributed by atoms with van der Waals surface area (Å²) in [5.41, 5.74) is 4.25. The van der Waals surface area contributed by atoms with Crippen LogP contribution < -0.4 is 5.32 Å². The molecule has 0 aliphatic heterocycles. The second kappa shape index (κ2) is 7.45. The second-order valence-electron chi connectivity index (χ2n) is 7.33. The first kappa shape index (κ1) is 18.6. The molecular weight excluding hydrogens is 305 g/mol. The van der Waals surface area contributed by atoms with Gasteiger partial charge in [-0.05, 0) is 37.0 Å². The van der Waals surface area contributed by atoms with Gasteiger partial charge in [-0.15, -0.1) is 0 Å². The topological polar surface area (TPSA) is 50.1 Å². The number of hydrogen-bond acceptors (Lipinski definition) is 3. The minimum atomic E-state index is -0.219. The van der Waals surface area contributed by atoms with E-state index < -0.39 is 0 Å². The lowest BCUT2D eigenvalue weighted by molar-refractivity contribution is 0.267. The number of nitrogens with one attached hydrogen (secondary N) is 1. The van der Waals surface area contributed by atoms with E-state index in [1.807, 2.05) is 30.7 Å². The van der Waals surface area contributed by atoms with E-state index in [1.165, 1.54) is 12.1 Å². The monoisotopic (exact) mass is 333 g/mol. The predicted octanol–water partition coefficient (Wildman–Crippen LogP) is 3.51. The Morgan fingerprint density at radius 1 is 1.21 bits per heavy atom. The first-order valence-corrected chi connectivity index (χ1v) is 8.36. The minimum absolute atomic E-state index is 0.0132. The zero-order chi connectivity index (χ0) is 17.9. The van der Waals surface area contributed by atoms with Gasteiger partial charge in [-0.2, -0.15) is 5.10 Å². The molecule has 1 unspecified atom stereocenters. The summed E-state index contributed by atoms with van der Waals surface area (Å²) in [7, 11) is 0. The first-order chi connectivity index (χ1) is 11.2. The molecule has 0 aliphatic rings. The molecule has 0 spiro atoms. The molecule has 4 nitrogen and oxygen atoms in total. The van der Waals surface area contributed by atoms with Crippen LogP contribution in [0.15, 0.2) is 24.3 Å². The van der Waals surface area contributed by atoms with E-state index in [0.717, 1.165) is 22.5 Å². The van der Waals surface area contributed by atoms with E-state index in [0.29, 0.717) is 13.1 Å². The fraction of sp³-hybridized carbons (Fsp3) is 0.526. The molecular formula is C19H28FN3O. The van der Waals surface area contributed by atoms with E-state index in [1.54, 1.807) is 0 Å². The number of aliphatic hydroxyl groups excluding tert-OH is 1. The highest BCUT2D eigenvalue weighted by Crippen LogP contribution is 2.33. The van der Waals surface area contributed by atoms with Crippen molar-refractivity contribution in [1.29, 1.82) is 0 Å². The maximum absolute atomic E-state index is 13.2. The fourth-order valence-corrected chi connectivity index (χ4v) is 3.09. The molecule has 0 saturated heterocycles. The van der Waals surface area contributed by atoms with Crippen LogP contribution in [0.2, 0.25) is 0 Å². The van der Waals surface area contributed by atoms with Gasteiger partial charge in [-0.3, -0.25) is 4.68 Å². The molecule has 1 aromatic heterocycles. The molecule has 0 amide bonds. The van der Waals surface area contributed by atoms with Crippen molar-refractivity contribution in [1.82, 2.24) is 15.1 Å². The number of aryl methyl sites for hydroxylation is 1. The third-order valence-corrected chi connectivity index (χ3v) is 4.40. The Labute approximate surface area is 143 Å². The first-order valence-electron chi connectivity index (χ1n) is 8.36. The van der Waals surface area contributed by atoms with Gasteiger partial charge in [0.2, 0.25) is 0 Å². The number of hydrogen-bond donors (Lipinski definition) is 2. The molecule has 2 rings (SSSR count). The number of halogens is 1. The molecule has 0 fully saturated rings. The van der Waals surface area contributed by atoms with Crippen molar-refractivity contribution in [2.75, 3.05) is 6.61 Å². The molecule has 1 atom stereocenters. The molecule has 0 aliphatic carbocycles. The molecule has 0 bridgehead atoms. The number of aromatic nitrogens is 2. The van der Waals surface area contributed by atoms with Gasteiger partial charge < -0.3 is 10.4 Å². The summed E-state index contributed by atoms with van der Waals surface area (Å²) < 4.78 is 15.1. The number of rotatable bonds is 6. The van der Waals surface area contributed by atoms with Crippen LogP contribution in [0.3, 0.4) is 0 Å². The zero-order valence-corrected chi connectivity index (χ0v) is 15.2. The smallest absolute Gasteiger partial charge is 0.123 e. The van der Waals surface area contributed by atoms with Crippen LogP contribution in [-0.2, 0) is 13.1 Å². The molecule has 2 N–H and O–H groups in total. The van der Waals surface area contributed by atoms with Crippen molar-refractivity contribution in [2.24, 2.45) is 5.41 Å². The summed E-state index contributed by atoms with van der Waals surface area (Å²) in [6, 6.07) is 6.79. The number of nitrogens with zero attached hydrogens (tertiary/aromatic N) is 2. The van der Waals surface area contributed by atoms with Crippen molar-refractivity contribution in [3.8, 4) is 0 Å². The van der Waals surface area contributed by atoms with E-state index in [4.69, 9.17) is 5.11 Å². The van der Waals surface area contributed by atoms with Crippen LogP contribution in [0, 0.1) is 25.1 Å². The predicted molar refractivity (Wildman–Crippen MR) is 94.2 cm³/mol. The fourth-order valence-electron chi connectivity index (χ4n) is 3.09. The summed E-state index contributed by atoms with van der Waals surface area (Å²) in [4.78, 5) is 0. The Balaban J connectivity index is 2.21. The highest BCUT2D eigenvalue weighted by Gasteiger charge is 2.26. The van der Waals surface area contributed by atoms with Crippen molar-refractivity contribution in [3.05, 3.63) is 52.6 Å². The Hall–Kier alpha value is -1.72. The van der Waals surface area contributed by atoms with Gasteiger partial charge in [0.1, 0.15) is 5.82 Å². The van der Waals surface area contributed by atoms with E-state index in [9.17, 15) is 4.39 Å². The van der Waals surface area contributed by atoms with Gasteiger partial charge in [0.05, 0.1) is 18.8 Å². The van der Waals surface area contributed by atoms with Gasteiger partial charge in [0.25, 0.3) is 0 Å². The Bertz CT molecular complexity index is 671. The van der Waals surface area contributed by atoms with Crippen LogP contribution in [0.4, 0.5) is 4.39 Å². The maximum Gasteiger partial charge on any atom is 0.123 e. The molecule has 1 aromatic carbocycles. The summed E-state index contributed by atoms with van der Waals surface area (Å²) in [6.45, 7) is 11.8. The second-order valence-corrected chi connectivity index (χ2v) is 7.33. The lowest BCUT2D eigenvalue weighted by Crippen LogP contribution is -2.32. The minimum Gasteiger partial charge on any atom is -0.394 e. The van der Waals surface area contributed by atoms with Crippen molar-refractivity contribution >= 4 is 0 Å². The lowest BCUT2D eigenvalue weighted by Gasteiger charge is -2.32. The lowest BCUT2D eigenvalue weighted by atomic mass is 9.82. The van der Waals surface area contributed by atoms with Crippen molar-refractivity contribution < 1.29 is 9.50 Å². The standard InChI is InChI=1S/C19H28FN3O/c1-13-17(14(2)23(22-13)10-11-24)12-21-18(19(3,4)5)15-6-8-16(20)9-7-15/h6-9,18,21,24H,10-12H2,1-5H3. The normalized spacial score (nSPS) is 13.3. The van der Waals surface area contributed by atoms with Crippen LogP contribution in [0.1, 0.15) is 49.3 Å². The molecule has 1 heterocycles. The van der Waals surface area contributed by atoms with E-state index >= 15 is 0 Å². The SMILES string of the molecule is Cc1nn(CCO)c(C)c1CNC(c1ccc(F)cc1)C(C)(C)C. The molecule has 0 saturated carbocycles. The Morgan fingerprint density at radius 3 is 2.38 bits per heavy atom. The average Bonchev–Trinajstić information content (AvgIpc) is 2.75. The van der Waals surface area contributed by atoms with Crippen LogP contribution >= 0.6 is 0 Å². The quantitative estimate of drug-likeness (QED) is 0.850. The maximum atomic E-state index is 13.2. The summed E-state index contributed by atoms with van der Waals surface area (Å²) in [5.74, 6) is -0.219. The highest BCUT2D eigenvalue weighted by molar-refractivity contribution is 5.26. The average molecular weight is 333 g/mol. The van der Waals surface area contributed by atoms with E-state index in [-0.39, 0.29) is 23.9 Å². The summed E-state index contributed by atoms with van der Waals surface area (Å²) in [6.07, 6.45) is 0. The number of aliphatic hydroxyl groups is 1. The van der Waals surface area contributed by atoms with Crippen LogP contribution in [-0.4, -0.2) is 21.5 Å². The van der Waals surface area contributed by atoms with Crippen LogP contribution in [0.25, 0.3) is 0 Å². The van der Waals surface area contributed by atoms with Gasteiger partial charge in [0.15, 0.2) is 0 Å². The molecule has 0 radical (unpaired) electrons. The summed E-state index contributed by atoms with van der Waals surface area (Å²) in [5, 5.41) is 17.2. The zero-order valence-electron chi connectivity index (χ0n) is 15.2. The number of benzene rings is 1. The molecule has 132 valence electrons. The third kappa shape index (κ3) is 4.22. The van der Waals surface area contributed by atoms with Gasteiger partial charge in [-0.1, -0.05) is 32.9 Å². The molecule has 24 heavy (non-hydrogen) atoms. The Kier molecular flexibility index (Phi) is 5.78. The molecule has 5 heteroatoms. The van der Waals surface area contributed by atoms with Gasteiger partial charge in [-0.25, -0.2) is 4.39 Å². The highest BCUT2D eigenvalue weighted by atomic mass is 19.1. The van der Waals surface area contributed by atoms with Gasteiger partial charge in [0, 0.05) is 23.8 Å². The van der Waals surface area contributed by atoms with E-state index in [2.05, 4.69) is 31.2 Å². The molecule has 2 aromatic rings. The summed E-state index contributed by atoms with van der Waals surface area (Å²) >= 11 is 0. The Morgan fingerprint density at radius 2 is 1.83 bits per heavy atom. The van der Waals surface area contributed by atoms with Crippen molar-refractivity contribution in [2.45, 2.75) is 53.8 Å². The van der Waals surface area contributed by atoms with Crippen molar-refractivity contribution in [3.63, 3.8) is 0 Å². The largest absolute Gasteiger partial charge is 0.394 e. The van der Waals surface area contributed by atoms with Gasteiger partial charge >= 0.3 is 0 Å². The third-order valence-electron chi connectivity index (χ3n) is 4.40.